The topological polar surface area (TPSA) is 201 Å². The number of aromatic carboxylic acids is 4. The number of rotatable bonds is 6. The van der Waals surface area contributed by atoms with Gasteiger partial charge in [0.1, 0.15) is 0 Å². The van der Waals surface area contributed by atoms with E-state index in [1.165, 1.54) is 24.3 Å². The number of hydrogen-bond acceptors (Lipinski definition) is 8. The van der Waals surface area contributed by atoms with Crippen molar-refractivity contribution in [3.8, 4) is 22.8 Å². The molecule has 274 valence electrons. The van der Waals surface area contributed by atoms with E-state index < -0.39 is 23.9 Å². The quantitative estimate of drug-likeness (QED) is 0.116. The molecule has 4 aromatic carbocycles. The van der Waals surface area contributed by atoms with Crippen molar-refractivity contribution in [2.75, 3.05) is 0 Å². The van der Waals surface area contributed by atoms with Crippen molar-refractivity contribution in [3.05, 3.63) is 144 Å². The van der Waals surface area contributed by atoms with Crippen molar-refractivity contribution in [1.82, 2.24) is 19.9 Å². The van der Waals surface area contributed by atoms with Crippen LogP contribution in [0.2, 0.25) is 0 Å². The Labute approximate surface area is 326 Å². The molecule has 0 fully saturated rings. The van der Waals surface area contributed by atoms with Gasteiger partial charge in [-0.3, -0.25) is 0 Å². The molecule has 0 unspecified atom stereocenters. The van der Waals surface area contributed by atoms with Gasteiger partial charge in [-0.05, 0) is 48.5 Å². The average Bonchev–Trinajstić information content (AvgIpc) is 3.19. The summed E-state index contributed by atoms with van der Waals surface area (Å²) >= 11 is -0.346. The fourth-order valence-corrected chi connectivity index (χ4v) is 5.93. The Bertz CT molecular complexity index is 2440. The molecule has 0 amide bonds. The van der Waals surface area contributed by atoms with Crippen molar-refractivity contribution in [1.29, 1.82) is 0 Å². The molecule has 0 aliphatic heterocycles. The van der Waals surface area contributed by atoms with Crippen LogP contribution in [0.4, 0.5) is 0 Å². The number of halogens is 2. The van der Waals surface area contributed by atoms with E-state index in [4.69, 9.17) is 19.4 Å². The van der Waals surface area contributed by atoms with Crippen LogP contribution in [0.5, 0.6) is 0 Å². The van der Waals surface area contributed by atoms with Gasteiger partial charge in [-0.2, -0.15) is 0 Å². The molecule has 0 bridgehead atoms. The maximum absolute atomic E-state index is 11.6. The molecule has 0 aliphatic rings. The summed E-state index contributed by atoms with van der Waals surface area (Å²) in [6.07, 6.45) is 0. The second-order valence-electron chi connectivity index (χ2n) is 11.6. The van der Waals surface area contributed by atoms with Crippen LogP contribution in [-0.2, 0) is 15.1 Å². The number of aromatic nitrogens is 4. The third-order valence-electron chi connectivity index (χ3n) is 8.31. The molecule has 0 radical (unpaired) electrons. The Morgan fingerprint density at radius 1 is 0.382 bits per heavy atom. The molecular weight excluding hydrogens is 836 g/mol. The summed E-state index contributed by atoms with van der Waals surface area (Å²) in [6, 6.07) is 33.3. The summed E-state index contributed by atoms with van der Waals surface area (Å²) in [4.78, 5) is 64.5. The van der Waals surface area contributed by atoms with Crippen LogP contribution in [0.15, 0.2) is 121 Å². The van der Waals surface area contributed by atoms with Crippen LogP contribution < -0.4 is 0 Å². The van der Waals surface area contributed by atoms with Crippen LogP contribution in [-0.4, -0.2) is 64.2 Å². The second kappa shape index (κ2) is 16.7. The monoisotopic (exact) mass is 860 g/mol. The number of para-hydroxylation sites is 4. The van der Waals surface area contributed by atoms with Gasteiger partial charge in [-0.1, -0.05) is 72.8 Å². The van der Waals surface area contributed by atoms with E-state index in [0.717, 1.165) is 0 Å². The number of hydrogen-bond donors (Lipinski definition) is 4. The fourth-order valence-electron chi connectivity index (χ4n) is 5.93. The molecule has 15 heteroatoms. The summed E-state index contributed by atoms with van der Waals surface area (Å²) in [5.41, 5.74) is 3.67. The number of carboxylic acids is 4. The molecule has 8 aromatic rings. The summed E-state index contributed by atoms with van der Waals surface area (Å²) in [5.74, 6) is -4.32. The Morgan fingerprint density at radius 3 is 0.745 bits per heavy atom. The minimum absolute atomic E-state index is 0.0948. The normalized spacial score (nSPS) is 10.7. The summed E-state index contributed by atoms with van der Waals surface area (Å²) in [6.45, 7) is 0. The Kier molecular flexibility index (Phi) is 11.7. The predicted molar refractivity (Wildman–Crippen MR) is 205 cm³/mol. The predicted octanol–water partition coefficient (Wildman–Crippen LogP) is 9.07. The zero-order valence-electron chi connectivity index (χ0n) is 27.9. The van der Waals surface area contributed by atoms with Crippen molar-refractivity contribution in [3.63, 3.8) is 0 Å². The van der Waals surface area contributed by atoms with Crippen molar-refractivity contribution < 1.29 is 54.7 Å². The van der Waals surface area contributed by atoms with E-state index >= 15 is 0 Å². The van der Waals surface area contributed by atoms with Crippen LogP contribution in [0.3, 0.4) is 0 Å². The molecular formula is C40H24Cl2N4O8Ru. The Hall–Kier alpha value is -6.40. The molecule has 0 saturated carbocycles. The summed E-state index contributed by atoms with van der Waals surface area (Å²) < 4.78 is 0. The summed E-state index contributed by atoms with van der Waals surface area (Å²) in [5, 5.41) is 40.2. The fraction of sp³-hybridized carbons (Fsp3) is 0. The molecule has 8 rings (SSSR count). The van der Waals surface area contributed by atoms with Gasteiger partial charge in [0.15, 0.2) is 0 Å². The third-order valence-corrected chi connectivity index (χ3v) is 8.31. The molecule has 12 nitrogen and oxygen atoms in total. The van der Waals surface area contributed by atoms with Gasteiger partial charge in [0, 0.05) is 21.5 Å². The van der Waals surface area contributed by atoms with E-state index in [1.807, 2.05) is 0 Å². The molecule has 4 heterocycles. The molecule has 0 atom stereocenters. The van der Waals surface area contributed by atoms with Gasteiger partial charge in [-0.15, -0.1) is 0 Å². The Balaban J connectivity index is 0.000000175. The Morgan fingerprint density at radius 2 is 0.564 bits per heavy atom. The second-order valence-corrected chi connectivity index (χ2v) is 14.2. The van der Waals surface area contributed by atoms with E-state index in [-0.39, 0.29) is 37.4 Å². The average molecular weight is 861 g/mol. The van der Waals surface area contributed by atoms with Gasteiger partial charge in [-0.25, -0.2) is 39.1 Å². The van der Waals surface area contributed by atoms with E-state index in [2.05, 4.69) is 19.9 Å². The molecule has 4 N–H and O–H groups in total. The molecule has 4 aromatic heterocycles. The molecule has 55 heavy (non-hydrogen) atoms. The number of pyridine rings is 4. The first kappa shape index (κ1) is 38.3. The third kappa shape index (κ3) is 8.24. The standard InChI is InChI=1S/2C20H12N2O4.2ClH.Ru/c2*23-19(24)13-9-17(21-15-7-3-1-5-11(13)15)18-10-14(20(25)26)12-6-2-4-8-16(12)22-18;;;/h2*1-10H,(H,23,24)(H,25,26);2*1H;/q;;;;+2/p-2. The van der Waals surface area contributed by atoms with Crippen molar-refractivity contribution in [2.45, 2.75) is 0 Å². The first-order chi connectivity index (χ1) is 26.5. The number of fused-ring (bicyclic) bond motifs is 4. The van der Waals surface area contributed by atoms with Crippen LogP contribution >= 0.6 is 19.4 Å². The molecule has 0 spiro atoms. The van der Waals surface area contributed by atoms with E-state index in [0.29, 0.717) is 66.4 Å². The first-order valence-electron chi connectivity index (χ1n) is 15.9. The van der Waals surface area contributed by atoms with Gasteiger partial charge in [0.25, 0.3) is 0 Å². The van der Waals surface area contributed by atoms with E-state index in [1.54, 1.807) is 97.1 Å². The van der Waals surface area contributed by atoms with Crippen molar-refractivity contribution in [2.24, 2.45) is 0 Å². The van der Waals surface area contributed by atoms with Gasteiger partial charge in [0.05, 0.1) is 67.1 Å². The minimum atomic E-state index is -1.08. The van der Waals surface area contributed by atoms with Crippen molar-refractivity contribution >= 4 is 86.9 Å². The van der Waals surface area contributed by atoms with Gasteiger partial charge >= 0.3 is 58.4 Å². The van der Waals surface area contributed by atoms with E-state index in [9.17, 15) is 39.6 Å². The van der Waals surface area contributed by atoms with Gasteiger partial charge < -0.3 is 20.4 Å². The molecule has 0 saturated heterocycles. The SMILES string of the molecule is O=C(O)c1cc(-c2cc(C(=O)O)c3ccccc3n2)nc2ccccc12.O=C(O)c1cc(-c2cc(C(=O)O)c3ccccc3n2)nc2ccccc12.[Cl][Ru][Cl]. The molecule has 0 aliphatic carbocycles. The van der Waals surface area contributed by atoms with Crippen LogP contribution in [0, 0.1) is 0 Å². The number of carbonyl (C=O) groups is 4. The summed E-state index contributed by atoms with van der Waals surface area (Å²) in [7, 11) is 9.71. The number of carboxylic acid groups (broad SMARTS) is 4. The maximum atomic E-state index is 11.6. The first-order valence-corrected chi connectivity index (χ1v) is 20.4. The van der Waals surface area contributed by atoms with Crippen LogP contribution in [0.1, 0.15) is 41.4 Å². The number of nitrogens with zero attached hydrogens (tertiary/aromatic N) is 4. The van der Waals surface area contributed by atoms with Gasteiger partial charge in [0.2, 0.25) is 0 Å². The number of benzene rings is 4. The zero-order valence-corrected chi connectivity index (χ0v) is 31.1. The zero-order chi connectivity index (χ0) is 39.2. The van der Waals surface area contributed by atoms with Crippen LogP contribution in [0.25, 0.3) is 66.4 Å².